The lowest BCUT2D eigenvalue weighted by Gasteiger charge is -2.17. The minimum atomic E-state index is -0.243. The number of hydrogen-bond acceptors (Lipinski definition) is 4. The normalized spacial score (nSPS) is 16.7. The number of nitrogens with zero attached hydrogens (tertiary/aromatic N) is 2. The quantitative estimate of drug-likeness (QED) is 0.588. The molecule has 0 unspecified atom stereocenters. The molecule has 0 N–H and O–H groups in total. The van der Waals surface area contributed by atoms with E-state index in [1.54, 1.807) is 23.5 Å². The van der Waals surface area contributed by atoms with E-state index in [2.05, 4.69) is 11.9 Å². The molecule has 0 saturated carbocycles. The number of halogens is 2. The lowest BCUT2D eigenvalue weighted by Crippen LogP contribution is -2.25. The number of fused-ring (bicyclic) bond motifs is 3. The molecule has 0 amide bonds. The van der Waals surface area contributed by atoms with Crippen molar-refractivity contribution in [1.82, 2.24) is 9.55 Å². The second-order valence-electron chi connectivity index (χ2n) is 6.76. The van der Waals surface area contributed by atoms with E-state index < -0.39 is 0 Å². The highest BCUT2D eigenvalue weighted by Gasteiger charge is 2.23. The monoisotopic (exact) mass is 406 g/mol. The van der Waals surface area contributed by atoms with Crippen LogP contribution in [0.15, 0.2) is 29.3 Å². The topological polar surface area (TPSA) is 52.0 Å². The SMILES string of the molecule is C[C@H]1CCc2c(sc3ncn(CC(=O)c4ccc(Cl)cc4Cl)c(=O)c23)C1. The predicted molar refractivity (Wildman–Crippen MR) is 106 cm³/mol. The third kappa shape index (κ3) is 3.08. The van der Waals surface area contributed by atoms with Crippen molar-refractivity contribution >= 4 is 50.5 Å². The zero-order valence-corrected chi connectivity index (χ0v) is 16.4. The van der Waals surface area contributed by atoms with Crippen molar-refractivity contribution in [3.8, 4) is 0 Å². The first-order valence-corrected chi connectivity index (χ1v) is 9.99. The van der Waals surface area contributed by atoms with Gasteiger partial charge in [0, 0.05) is 15.5 Å². The van der Waals surface area contributed by atoms with Gasteiger partial charge in [-0.05, 0) is 48.9 Å². The molecule has 1 aliphatic carbocycles. The van der Waals surface area contributed by atoms with Crippen molar-refractivity contribution in [2.24, 2.45) is 5.92 Å². The van der Waals surface area contributed by atoms with Crippen molar-refractivity contribution in [2.45, 2.75) is 32.7 Å². The maximum atomic E-state index is 13.0. The van der Waals surface area contributed by atoms with E-state index in [9.17, 15) is 9.59 Å². The van der Waals surface area contributed by atoms with Crippen LogP contribution in [0.4, 0.5) is 0 Å². The standard InChI is InChI=1S/C19H16Cl2N2O2S/c1-10-2-4-13-16(6-10)26-18-17(13)19(25)23(9-22-18)8-15(24)12-5-3-11(20)7-14(12)21/h3,5,7,9-10H,2,4,6,8H2,1H3/t10-/m0/s1. The Bertz CT molecular complexity index is 1090. The summed E-state index contributed by atoms with van der Waals surface area (Å²) in [5.74, 6) is 0.388. The molecular weight excluding hydrogens is 391 g/mol. The van der Waals surface area contributed by atoms with Crippen molar-refractivity contribution in [3.63, 3.8) is 0 Å². The first kappa shape index (κ1) is 17.7. The molecule has 0 bridgehead atoms. The number of Topliss-reactive ketones (excluding diaryl/α,β-unsaturated/α-hetero) is 1. The van der Waals surface area contributed by atoms with Crippen LogP contribution in [0, 0.1) is 5.92 Å². The molecule has 0 aliphatic heterocycles. The van der Waals surface area contributed by atoms with Gasteiger partial charge in [0.25, 0.3) is 5.56 Å². The number of hydrogen-bond donors (Lipinski definition) is 0. The van der Waals surface area contributed by atoms with E-state index in [1.807, 2.05) is 0 Å². The molecule has 1 atom stereocenters. The summed E-state index contributed by atoms with van der Waals surface area (Å²) in [4.78, 5) is 32.0. The number of carbonyl (C=O) groups excluding carboxylic acids is 1. The summed E-state index contributed by atoms with van der Waals surface area (Å²) in [6, 6.07) is 4.72. The summed E-state index contributed by atoms with van der Waals surface area (Å²) in [5, 5.41) is 1.42. The minimum absolute atomic E-state index is 0.0931. The van der Waals surface area contributed by atoms with E-state index in [-0.39, 0.29) is 22.9 Å². The fourth-order valence-corrected chi connectivity index (χ4v) is 5.29. The number of aromatic nitrogens is 2. The number of ketones is 1. The third-order valence-corrected chi connectivity index (χ3v) is 6.54. The lowest BCUT2D eigenvalue weighted by atomic mass is 9.89. The molecule has 4 nitrogen and oxygen atoms in total. The molecule has 2 aromatic heterocycles. The summed E-state index contributed by atoms with van der Waals surface area (Å²) in [6.07, 6.45) is 4.42. The van der Waals surface area contributed by atoms with Gasteiger partial charge >= 0.3 is 0 Å². The van der Waals surface area contributed by atoms with E-state index in [1.165, 1.54) is 21.8 Å². The highest BCUT2D eigenvalue weighted by atomic mass is 35.5. The Morgan fingerprint density at radius 3 is 2.96 bits per heavy atom. The molecular formula is C19H16Cl2N2O2S. The van der Waals surface area contributed by atoms with Crippen molar-refractivity contribution in [3.05, 3.63) is 60.9 Å². The number of carbonyl (C=O) groups is 1. The molecule has 3 aromatic rings. The van der Waals surface area contributed by atoms with Crippen LogP contribution in [-0.2, 0) is 19.4 Å². The van der Waals surface area contributed by atoms with Gasteiger partial charge in [-0.3, -0.25) is 14.2 Å². The molecule has 1 aromatic carbocycles. The van der Waals surface area contributed by atoms with Crippen LogP contribution in [0.3, 0.4) is 0 Å². The first-order valence-electron chi connectivity index (χ1n) is 8.42. The van der Waals surface area contributed by atoms with Crippen molar-refractivity contribution in [1.29, 1.82) is 0 Å². The van der Waals surface area contributed by atoms with Crippen LogP contribution in [-0.4, -0.2) is 15.3 Å². The highest BCUT2D eigenvalue weighted by Crippen LogP contribution is 2.35. The van der Waals surface area contributed by atoms with Gasteiger partial charge in [0.2, 0.25) is 0 Å². The predicted octanol–water partition coefficient (Wildman–Crippen LogP) is 4.77. The number of aryl methyl sites for hydroxylation is 1. The summed E-state index contributed by atoms with van der Waals surface area (Å²) < 4.78 is 1.38. The first-order chi connectivity index (χ1) is 12.4. The molecule has 1 aliphatic rings. The van der Waals surface area contributed by atoms with E-state index in [4.69, 9.17) is 23.2 Å². The summed E-state index contributed by atoms with van der Waals surface area (Å²) in [6.45, 7) is 2.14. The Kier molecular flexibility index (Phi) is 4.63. The van der Waals surface area contributed by atoms with Crippen LogP contribution >= 0.6 is 34.5 Å². The number of rotatable bonds is 3. The molecule has 2 heterocycles. The zero-order chi connectivity index (χ0) is 18.4. The second kappa shape index (κ2) is 6.80. The Morgan fingerprint density at radius 2 is 2.19 bits per heavy atom. The Hall–Kier alpha value is -1.69. The van der Waals surface area contributed by atoms with Gasteiger partial charge in [-0.25, -0.2) is 4.98 Å². The van der Waals surface area contributed by atoms with Gasteiger partial charge in [-0.15, -0.1) is 11.3 Å². The Morgan fingerprint density at radius 1 is 1.38 bits per heavy atom. The molecule has 0 spiro atoms. The molecule has 7 heteroatoms. The van der Waals surface area contributed by atoms with Crippen molar-refractivity contribution < 1.29 is 4.79 Å². The van der Waals surface area contributed by atoms with Crippen molar-refractivity contribution in [2.75, 3.05) is 0 Å². The second-order valence-corrected chi connectivity index (χ2v) is 8.68. The van der Waals surface area contributed by atoms with Gasteiger partial charge in [-0.2, -0.15) is 0 Å². The molecule has 26 heavy (non-hydrogen) atoms. The number of thiophene rings is 1. The molecule has 4 rings (SSSR count). The lowest BCUT2D eigenvalue weighted by molar-refractivity contribution is 0.0971. The smallest absolute Gasteiger partial charge is 0.262 e. The largest absolute Gasteiger partial charge is 0.292 e. The van der Waals surface area contributed by atoms with Crippen LogP contribution in [0.25, 0.3) is 10.2 Å². The van der Waals surface area contributed by atoms with Gasteiger partial charge in [0.15, 0.2) is 5.78 Å². The number of benzene rings is 1. The molecule has 134 valence electrons. The van der Waals surface area contributed by atoms with Crippen LogP contribution in [0.1, 0.15) is 34.1 Å². The van der Waals surface area contributed by atoms with Gasteiger partial charge < -0.3 is 0 Å². The fourth-order valence-electron chi connectivity index (χ4n) is 3.43. The van der Waals surface area contributed by atoms with Crippen LogP contribution < -0.4 is 5.56 Å². The van der Waals surface area contributed by atoms with Crippen LogP contribution in [0.2, 0.25) is 10.0 Å². The molecule has 0 fully saturated rings. The van der Waals surface area contributed by atoms with E-state index >= 15 is 0 Å². The Balaban J connectivity index is 1.72. The van der Waals surface area contributed by atoms with Crippen LogP contribution in [0.5, 0.6) is 0 Å². The Labute approximate surface area is 164 Å². The van der Waals surface area contributed by atoms with Gasteiger partial charge in [0.1, 0.15) is 4.83 Å². The fraction of sp³-hybridized carbons (Fsp3) is 0.316. The molecule has 0 radical (unpaired) electrons. The van der Waals surface area contributed by atoms with Gasteiger partial charge in [-0.1, -0.05) is 30.1 Å². The highest BCUT2D eigenvalue weighted by molar-refractivity contribution is 7.18. The summed E-state index contributed by atoms with van der Waals surface area (Å²) in [7, 11) is 0. The van der Waals surface area contributed by atoms with E-state index in [0.717, 1.165) is 29.7 Å². The summed E-state index contributed by atoms with van der Waals surface area (Å²) >= 11 is 13.6. The average Bonchev–Trinajstić information content (AvgIpc) is 2.95. The minimum Gasteiger partial charge on any atom is -0.292 e. The van der Waals surface area contributed by atoms with Gasteiger partial charge in [0.05, 0.1) is 23.3 Å². The molecule has 0 saturated heterocycles. The van der Waals surface area contributed by atoms with E-state index in [0.29, 0.717) is 21.9 Å². The maximum absolute atomic E-state index is 13.0. The zero-order valence-electron chi connectivity index (χ0n) is 14.1. The third-order valence-electron chi connectivity index (χ3n) is 4.83. The average molecular weight is 407 g/mol. The summed E-state index contributed by atoms with van der Waals surface area (Å²) in [5.41, 5.74) is 1.32. The maximum Gasteiger partial charge on any atom is 0.262 e.